The third-order valence-corrected chi connectivity index (χ3v) is 2.99. The predicted molar refractivity (Wildman–Crippen MR) is 79.3 cm³/mol. The fourth-order valence-corrected chi connectivity index (χ4v) is 1.88. The van der Waals surface area contributed by atoms with Crippen LogP contribution < -0.4 is 16.0 Å². The van der Waals surface area contributed by atoms with Crippen LogP contribution in [0.4, 0.5) is 4.79 Å². The second-order valence-electron chi connectivity index (χ2n) is 4.57. The van der Waals surface area contributed by atoms with Crippen LogP contribution in [-0.4, -0.2) is 25.5 Å². The molecule has 0 aliphatic heterocycles. The number of carbonyl (C=O) groups excluding carboxylic acids is 2. The van der Waals surface area contributed by atoms with Gasteiger partial charge in [-0.1, -0.05) is 50.1 Å². The summed E-state index contributed by atoms with van der Waals surface area (Å²) in [5.41, 5.74) is 0.852. The van der Waals surface area contributed by atoms with Gasteiger partial charge in [-0.2, -0.15) is 0 Å². The van der Waals surface area contributed by atoms with Gasteiger partial charge in [0.15, 0.2) is 0 Å². The van der Waals surface area contributed by atoms with Gasteiger partial charge in [0, 0.05) is 7.05 Å². The van der Waals surface area contributed by atoms with E-state index < -0.39 is 12.1 Å². The Morgan fingerprint density at radius 2 is 1.85 bits per heavy atom. The van der Waals surface area contributed by atoms with Gasteiger partial charge in [0.25, 0.3) is 0 Å². The summed E-state index contributed by atoms with van der Waals surface area (Å²) in [4.78, 5) is 23.4. The molecule has 0 unspecified atom stereocenters. The van der Waals surface area contributed by atoms with Gasteiger partial charge < -0.3 is 10.6 Å². The highest BCUT2D eigenvalue weighted by molar-refractivity contribution is 5.97. The minimum Gasteiger partial charge on any atom is -0.341 e. The van der Waals surface area contributed by atoms with Gasteiger partial charge >= 0.3 is 6.03 Å². The van der Waals surface area contributed by atoms with Crippen LogP contribution in [-0.2, 0) is 4.79 Å². The van der Waals surface area contributed by atoms with E-state index in [2.05, 4.69) is 22.9 Å². The van der Waals surface area contributed by atoms with Crippen LogP contribution in [0.15, 0.2) is 30.3 Å². The molecule has 0 saturated carbocycles. The molecule has 0 saturated heterocycles. The zero-order chi connectivity index (χ0) is 14.8. The van der Waals surface area contributed by atoms with Gasteiger partial charge in [0.05, 0.1) is 0 Å². The maximum Gasteiger partial charge on any atom is 0.321 e. The lowest BCUT2D eigenvalue weighted by molar-refractivity contribution is -0.122. The quantitative estimate of drug-likeness (QED) is 0.667. The molecular formula is C15H23N3O2. The fourth-order valence-electron chi connectivity index (χ4n) is 1.88. The van der Waals surface area contributed by atoms with E-state index in [0.29, 0.717) is 0 Å². The SMILES string of the molecule is CCCCCN[C@H](C(=O)NC(=O)NC)c1ccccc1. The largest absolute Gasteiger partial charge is 0.341 e. The highest BCUT2D eigenvalue weighted by Gasteiger charge is 2.21. The van der Waals surface area contributed by atoms with E-state index >= 15 is 0 Å². The van der Waals surface area contributed by atoms with Gasteiger partial charge in [-0.05, 0) is 18.5 Å². The van der Waals surface area contributed by atoms with E-state index in [1.54, 1.807) is 0 Å². The Bertz CT molecular complexity index is 420. The van der Waals surface area contributed by atoms with Crippen molar-refractivity contribution >= 4 is 11.9 Å². The van der Waals surface area contributed by atoms with E-state index in [0.717, 1.165) is 31.4 Å². The summed E-state index contributed by atoms with van der Waals surface area (Å²) in [5.74, 6) is -0.341. The summed E-state index contributed by atoms with van der Waals surface area (Å²) in [6.45, 7) is 2.88. The third-order valence-electron chi connectivity index (χ3n) is 2.99. The second-order valence-corrected chi connectivity index (χ2v) is 4.57. The summed E-state index contributed by atoms with van der Waals surface area (Å²) >= 11 is 0. The summed E-state index contributed by atoms with van der Waals surface area (Å²) in [7, 11) is 1.48. The Balaban J connectivity index is 2.68. The summed E-state index contributed by atoms with van der Waals surface area (Å²) in [5, 5.41) is 7.91. The average molecular weight is 277 g/mol. The number of unbranched alkanes of at least 4 members (excludes halogenated alkanes) is 2. The first-order valence-corrected chi connectivity index (χ1v) is 7.00. The number of hydrogen-bond donors (Lipinski definition) is 3. The van der Waals surface area contributed by atoms with Crippen LogP contribution in [0.2, 0.25) is 0 Å². The number of amides is 3. The first-order chi connectivity index (χ1) is 9.69. The molecule has 3 N–H and O–H groups in total. The molecule has 0 bridgehead atoms. The Labute approximate surface area is 120 Å². The first kappa shape index (κ1) is 16.2. The van der Waals surface area contributed by atoms with Crippen molar-refractivity contribution in [2.24, 2.45) is 0 Å². The Morgan fingerprint density at radius 1 is 1.15 bits per heavy atom. The molecule has 1 atom stereocenters. The van der Waals surface area contributed by atoms with Gasteiger partial charge in [0.1, 0.15) is 6.04 Å². The topological polar surface area (TPSA) is 70.2 Å². The summed E-state index contributed by atoms with van der Waals surface area (Å²) < 4.78 is 0. The van der Waals surface area contributed by atoms with Gasteiger partial charge in [0.2, 0.25) is 5.91 Å². The van der Waals surface area contributed by atoms with Gasteiger partial charge in [-0.15, -0.1) is 0 Å². The highest BCUT2D eigenvalue weighted by atomic mass is 16.2. The van der Waals surface area contributed by atoms with Crippen LogP contribution in [0.25, 0.3) is 0 Å². The molecule has 1 aromatic rings. The Hall–Kier alpha value is -1.88. The van der Waals surface area contributed by atoms with Crippen molar-refractivity contribution in [2.45, 2.75) is 32.2 Å². The predicted octanol–water partition coefficient (Wildman–Crippen LogP) is 1.96. The maximum atomic E-state index is 12.1. The van der Waals surface area contributed by atoms with Crippen molar-refractivity contribution < 1.29 is 9.59 Å². The lowest BCUT2D eigenvalue weighted by Gasteiger charge is -2.18. The lowest BCUT2D eigenvalue weighted by Crippen LogP contribution is -2.44. The molecule has 0 heterocycles. The van der Waals surface area contributed by atoms with Crippen molar-refractivity contribution in [3.63, 3.8) is 0 Å². The number of carbonyl (C=O) groups is 2. The summed E-state index contributed by atoms with van der Waals surface area (Å²) in [6.07, 6.45) is 3.25. The third kappa shape index (κ3) is 5.40. The van der Waals surface area contributed by atoms with Crippen LogP contribution in [0.1, 0.15) is 37.8 Å². The minimum absolute atomic E-state index is 0.341. The van der Waals surface area contributed by atoms with E-state index in [4.69, 9.17) is 0 Å². The maximum absolute atomic E-state index is 12.1. The number of hydrogen-bond acceptors (Lipinski definition) is 3. The van der Waals surface area contributed by atoms with Crippen LogP contribution >= 0.6 is 0 Å². The summed E-state index contributed by atoms with van der Waals surface area (Å²) in [6, 6.07) is 8.40. The smallest absolute Gasteiger partial charge is 0.321 e. The monoisotopic (exact) mass is 277 g/mol. The molecule has 5 nitrogen and oxygen atoms in total. The molecule has 5 heteroatoms. The van der Waals surface area contributed by atoms with Crippen molar-refractivity contribution in [2.75, 3.05) is 13.6 Å². The molecule has 0 spiro atoms. The number of urea groups is 1. The Kier molecular flexibility index (Phi) is 7.35. The van der Waals surface area contributed by atoms with Crippen LogP contribution in [0.5, 0.6) is 0 Å². The molecule has 20 heavy (non-hydrogen) atoms. The normalized spacial score (nSPS) is 11.7. The van der Waals surface area contributed by atoms with Gasteiger partial charge in [-0.25, -0.2) is 4.79 Å². The number of benzene rings is 1. The number of nitrogens with one attached hydrogen (secondary N) is 3. The molecule has 0 fully saturated rings. The molecule has 0 radical (unpaired) electrons. The average Bonchev–Trinajstić information content (AvgIpc) is 2.48. The second kappa shape index (κ2) is 9.09. The molecule has 1 rings (SSSR count). The standard InChI is InChI=1S/C15H23N3O2/c1-3-4-8-11-17-13(12-9-6-5-7-10-12)14(19)18-15(20)16-2/h5-7,9-10,13,17H,3-4,8,11H2,1-2H3,(H2,16,18,19,20)/t13-/m0/s1. The molecule has 1 aromatic carbocycles. The zero-order valence-corrected chi connectivity index (χ0v) is 12.1. The van der Waals surface area contributed by atoms with Crippen molar-refractivity contribution in [3.8, 4) is 0 Å². The van der Waals surface area contributed by atoms with E-state index in [1.165, 1.54) is 7.05 Å². The molecule has 0 aromatic heterocycles. The van der Waals surface area contributed by atoms with Gasteiger partial charge in [-0.3, -0.25) is 10.1 Å². The lowest BCUT2D eigenvalue weighted by atomic mass is 10.1. The molecule has 0 aliphatic rings. The first-order valence-electron chi connectivity index (χ1n) is 7.00. The van der Waals surface area contributed by atoms with Crippen LogP contribution in [0, 0.1) is 0 Å². The molecule has 0 aliphatic carbocycles. The highest BCUT2D eigenvalue weighted by Crippen LogP contribution is 2.13. The minimum atomic E-state index is -0.509. The van der Waals surface area contributed by atoms with Crippen LogP contribution in [0.3, 0.4) is 0 Å². The Morgan fingerprint density at radius 3 is 2.45 bits per heavy atom. The van der Waals surface area contributed by atoms with E-state index in [-0.39, 0.29) is 5.91 Å². The number of rotatable bonds is 7. The molecule has 3 amide bonds. The van der Waals surface area contributed by atoms with E-state index in [9.17, 15) is 9.59 Å². The fraction of sp³-hybridized carbons (Fsp3) is 0.467. The van der Waals surface area contributed by atoms with E-state index in [1.807, 2.05) is 30.3 Å². The van der Waals surface area contributed by atoms with Crippen molar-refractivity contribution in [1.29, 1.82) is 0 Å². The van der Waals surface area contributed by atoms with Crippen molar-refractivity contribution in [1.82, 2.24) is 16.0 Å². The molecular weight excluding hydrogens is 254 g/mol. The van der Waals surface area contributed by atoms with Crippen molar-refractivity contribution in [3.05, 3.63) is 35.9 Å². The zero-order valence-electron chi connectivity index (χ0n) is 12.1. The number of imide groups is 1. The molecule has 110 valence electrons.